The highest BCUT2D eigenvalue weighted by atomic mass is 127. The van der Waals surface area contributed by atoms with Crippen molar-refractivity contribution in [2.75, 3.05) is 0 Å². The molecule has 0 amide bonds. The zero-order valence-corrected chi connectivity index (χ0v) is 11.2. The lowest BCUT2D eigenvalue weighted by Gasteiger charge is -2.12. The van der Waals surface area contributed by atoms with Gasteiger partial charge in [-0.1, -0.05) is 15.9 Å². The summed E-state index contributed by atoms with van der Waals surface area (Å²) in [7, 11) is 0. The van der Waals surface area contributed by atoms with Crippen LogP contribution in [0.2, 0.25) is 0 Å². The van der Waals surface area contributed by atoms with Gasteiger partial charge in [0, 0.05) is 14.5 Å². The minimum absolute atomic E-state index is 0.146. The van der Waals surface area contributed by atoms with Crippen molar-refractivity contribution in [3.63, 3.8) is 0 Å². The molecule has 1 aromatic rings. The van der Waals surface area contributed by atoms with Gasteiger partial charge in [-0.2, -0.15) is 13.2 Å². The van der Waals surface area contributed by atoms with E-state index >= 15 is 0 Å². The van der Waals surface area contributed by atoms with Crippen LogP contribution in [0, 0.1) is 3.57 Å². The highest BCUT2D eigenvalue weighted by molar-refractivity contribution is 14.1. The van der Waals surface area contributed by atoms with E-state index in [4.69, 9.17) is 0 Å². The van der Waals surface area contributed by atoms with Gasteiger partial charge in [0.1, 0.15) is 0 Å². The molecular weight excluding hydrogens is 412 g/mol. The summed E-state index contributed by atoms with van der Waals surface area (Å²) >= 11 is 4.18. The van der Waals surface area contributed by atoms with E-state index in [1.165, 1.54) is 22.6 Å². The van der Waals surface area contributed by atoms with Crippen molar-refractivity contribution >= 4 is 38.5 Å². The molecule has 1 rings (SSSR count). The number of rotatable bonds is 2. The normalized spacial score (nSPS) is 12.2. The Morgan fingerprint density at radius 3 is 2.31 bits per heavy atom. The van der Waals surface area contributed by atoms with Gasteiger partial charge in [-0.25, -0.2) is 13.8 Å². The second-order valence-electron chi connectivity index (χ2n) is 2.79. The summed E-state index contributed by atoms with van der Waals surface area (Å²) in [5.74, 6) is 0. The Hall–Kier alpha value is 0.01000. The number of aromatic nitrogens is 1. The Balaban J connectivity index is 3.37. The lowest BCUT2D eigenvalue weighted by atomic mass is 10.2. The number of pyridine rings is 1. The van der Waals surface area contributed by atoms with Crippen LogP contribution in [0.4, 0.5) is 22.0 Å². The lowest BCUT2D eigenvalue weighted by molar-refractivity contribution is -0.142. The SMILES string of the molecule is FC(F)c1cc(I)c(C(F)(F)F)nc1CBr. The number of alkyl halides is 6. The van der Waals surface area contributed by atoms with Crippen LogP contribution in [0.1, 0.15) is 23.4 Å². The van der Waals surface area contributed by atoms with Crippen LogP contribution in [-0.2, 0) is 11.5 Å². The molecule has 0 aliphatic rings. The molecular formula is C8H4BrF5IN. The molecule has 0 saturated heterocycles. The van der Waals surface area contributed by atoms with E-state index in [0.717, 1.165) is 6.07 Å². The second-order valence-corrected chi connectivity index (χ2v) is 4.51. The standard InChI is InChI=1S/C8H4BrF5IN/c9-2-5-3(7(10)11)1-4(15)6(16-5)8(12,13)14/h1,7H,2H2. The third-order valence-electron chi connectivity index (χ3n) is 1.72. The van der Waals surface area contributed by atoms with Gasteiger partial charge in [0.05, 0.1) is 5.69 Å². The zero-order chi connectivity index (χ0) is 12.5. The molecule has 0 aliphatic carbocycles. The Labute approximate surface area is 110 Å². The second kappa shape index (κ2) is 5.11. The molecule has 0 bridgehead atoms. The fraction of sp³-hybridized carbons (Fsp3) is 0.375. The van der Waals surface area contributed by atoms with Gasteiger partial charge in [-0.15, -0.1) is 0 Å². The van der Waals surface area contributed by atoms with Crippen LogP contribution in [0.3, 0.4) is 0 Å². The van der Waals surface area contributed by atoms with E-state index in [2.05, 4.69) is 20.9 Å². The van der Waals surface area contributed by atoms with Crippen molar-refractivity contribution in [1.82, 2.24) is 4.98 Å². The Kier molecular flexibility index (Phi) is 4.49. The first kappa shape index (κ1) is 14.1. The summed E-state index contributed by atoms with van der Waals surface area (Å²) in [6, 6.07) is 0.817. The van der Waals surface area contributed by atoms with Crippen molar-refractivity contribution in [1.29, 1.82) is 0 Å². The van der Waals surface area contributed by atoms with Crippen LogP contribution in [-0.4, -0.2) is 4.98 Å². The van der Waals surface area contributed by atoms with Crippen LogP contribution < -0.4 is 0 Å². The maximum Gasteiger partial charge on any atom is 0.434 e. The highest BCUT2D eigenvalue weighted by Gasteiger charge is 2.36. The third-order valence-corrected chi connectivity index (χ3v) is 3.07. The molecule has 0 aliphatic heterocycles. The van der Waals surface area contributed by atoms with Gasteiger partial charge < -0.3 is 0 Å². The molecule has 0 atom stereocenters. The monoisotopic (exact) mass is 415 g/mol. The van der Waals surface area contributed by atoms with Gasteiger partial charge in [-0.3, -0.25) is 0 Å². The van der Waals surface area contributed by atoms with Crippen LogP contribution >= 0.6 is 38.5 Å². The van der Waals surface area contributed by atoms with E-state index in [1.807, 2.05) is 0 Å². The molecule has 0 spiro atoms. The minimum atomic E-state index is -4.63. The van der Waals surface area contributed by atoms with Gasteiger partial charge >= 0.3 is 6.18 Å². The first-order valence-corrected chi connectivity index (χ1v) is 6.08. The number of hydrogen-bond acceptors (Lipinski definition) is 1. The molecule has 0 saturated carbocycles. The van der Waals surface area contributed by atoms with Crippen molar-refractivity contribution < 1.29 is 22.0 Å². The average Bonchev–Trinajstić information content (AvgIpc) is 2.15. The maximum atomic E-state index is 12.5. The van der Waals surface area contributed by atoms with Crippen LogP contribution in [0.25, 0.3) is 0 Å². The third kappa shape index (κ3) is 3.02. The molecule has 8 heteroatoms. The van der Waals surface area contributed by atoms with E-state index in [9.17, 15) is 22.0 Å². The molecule has 0 radical (unpaired) electrons. The van der Waals surface area contributed by atoms with Crippen molar-refractivity contribution in [2.45, 2.75) is 17.9 Å². The van der Waals surface area contributed by atoms with E-state index in [1.54, 1.807) is 0 Å². The molecule has 1 nitrogen and oxygen atoms in total. The number of nitrogens with zero attached hydrogens (tertiary/aromatic N) is 1. The predicted octanol–water partition coefficient (Wildman–Crippen LogP) is 4.54. The molecule has 0 unspecified atom stereocenters. The molecule has 16 heavy (non-hydrogen) atoms. The summed E-state index contributed by atoms with van der Waals surface area (Å²) < 4.78 is 61.9. The molecule has 0 N–H and O–H groups in total. The summed E-state index contributed by atoms with van der Waals surface area (Å²) in [5, 5.41) is -0.146. The minimum Gasteiger partial charge on any atom is -0.246 e. The van der Waals surface area contributed by atoms with E-state index < -0.39 is 23.9 Å². The van der Waals surface area contributed by atoms with Crippen LogP contribution in [0.5, 0.6) is 0 Å². The molecule has 90 valence electrons. The van der Waals surface area contributed by atoms with Crippen molar-refractivity contribution in [3.8, 4) is 0 Å². The molecule has 0 aromatic carbocycles. The van der Waals surface area contributed by atoms with Crippen molar-refractivity contribution in [3.05, 3.63) is 26.6 Å². The van der Waals surface area contributed by atoms with Gasteiger partial charge in [0.25, 0.3) is 6.43 Å². The largest absolute Gasteiger partial charge is 0.434 e. The summed E-state index contributed by atoms with van der Waals surface area (Å²) in [6.45, 7) is 0. The first-order valence-electron chi connectivity index (χ1n) is 3.88. The van der Waals surface area contributed by atoms with Gasteiger partial charge in [-0.05, 0) is 28.7 Å². The smallest absolute Gasteiger partial charge is 0.246 e. The zero-order valence-electron chi connectivity index (χ0n) is 7.45. The van der Waals surface area contributed by atoms with E-state index in [-0.39, 0.29) is 14.6 Å². The number of halogens is 7. The molecule has 1 heterocycles. The summed E-state index contributed by atoms with van der Waals surface area (Å²) in [6.07, 6.45) is -7.47. The quantitative estimate of drug-likeness (QED) is 0.392. The maximum absolute atomic E-state index is 12.5. The Morgan fingerprint density at radius 2 is 1.94 bits per heavy atom. The summed E-state index contributed by atoms with van der Waals surface area (Å²) in [4.78, 5) is 3.22. The first-order chi connectivity index (χ1) is 7.27. The van der Waals surface area contributed by atoms with Crippen molar-refractivity contribution in [2.24, 2.45) is 0 Å². The molecule has 0 fully saturated rings. The highest BCUT2D eigenvalue weighted by Crippen LogP contribution is 2.34. The molecule has 1 aromatic heterocycles. The number of hydrogen-bond donors (Lipinski definition) is 0. The predicted molar refractivity (Wildman–Crippen MR) is 59.5 cm³/mol. The fourth-order valence-corrected chi connectivity index (χ4v) is 2.25. The Morgan fingerprint density at radius 1 is 1.38 bits per heavy atom. The van der Waals surface area contributed by atoms with Crippen LogP contribution in [0.15, 0.2) is 6.07 Å². The lowest BCUT2D eigenvalue weighted by Crippen LogP contribution is -2.13. The fourth-order valence-electron chi connectivity index (χ4n) is 1.04. The van der Waals surface area contributed by atoms with E-state index in [0.29, 0.717) is 0 Å². The summed E-state index contributed by atoms with van der Waals surface area (Å²) in [5.41, 5.74) is -1.90. The topological polar surface area (TPSA) is 12.9 Å². The Bertz CT molecular complexity index is 393. The van der Waals surface area contributed by atoms with Gasteiger partial charge in [0.15, 0.2) is 5.69 Å². The van der Waals surface area contributed by atoms with Gasteiger partial charge in [0.2, 0.25) is 0 Å². The average molecular weight is 416 g/mol.